The zero-order chi connectivity index (χ0) is 14.7. The molecule has 0 rings (SSSR count). The molecule has 0 aromatic carbocycles. The van der Waals surface area contributed by atoms with Gasteiger partial charge >= 0.3 is 5.97 Å². The number of unbranched alkanes of at least 4 members (excludes halogenated alkanes) is 1. The van der Waals surface area contributed by atoms with Gasteiger partial charge in [0.05, 0.1) is 12.5 Å². The van der Waals surface area contributed by atoms with Gasteiger partial charge < -0.3 is 15.7 Å². The first kappa shape index (κ1) is 17.4. The lowest BCUT2D eigenvalue weighted by Gasteiger charge is -2.23. The van der Waals surface area contributed by atoms with Gasteiger partial charge in [0, 0.05) is 13.1 Å². The van der Waals surface area contributed by atoms with E-state index in [0.717, 1.165) is 12.8 Å². The normalized spacial score (nSPS) is 11.9. The van der Waals surface area contributed by atoms with Gasteiger partial charge in [-0.15, -0.1) is 0 Å². The van der Waals surface area contributed by atoms with E-state index >= 15 is 0 Å². The number of carbonyl (C=O) groups is 3. The van der Waals surface area contributed by atoms with Crippen LogP contribution in [0.4, 0.5) is 0 Å². The first-order valence-electron chi connectivity index (χ1n) is 6.32. The minimum atomic E-state index is -0.929. The molecular formula is C12H23N3O4. The molecule has 0 aromatic rings. The van der Waals surface area contributed by atoms with Gasteiger partial charge in [0.15, 0.2) is 0 Å². The van der Waals surface area contributed by atoms with E-state index in [1.54, 1.807) is 0 Å². The third kappa shape index (κ3) is 9.01. The molecule has 1 unspecified atom stereocenters. The third-order valence-electron chi connectivity index (χ3n) is 2.70. The molecule has 7 heteroatoms. The van der Waals surface area contributed by atoms with Crippen LogP contribution in [0.2, 0.25) is 0 Å². The highest BCUT2D eigenvalue weighted by Gasteiger charge is 2.19. The molecule has 0 aliphatic rings. The Bertz CT molecular complexity index is 295. The van der Waals surface area contributed by atoms with Crippen molar-refractivity contribution in [2.75, 3.05) is 27.2 Å². The molecule has 3 N–H and O–H groups in total. The van der Waals surface area contributed by atoms with Crippen molar-refractivity contribution in [2.24, 2.45) is 0 Å². The molecule has 0 aromatic heterocycles. The Kier molecular flexibility index (Phi) is 9.42. The summed E-state index contributed by atoms with van der Waals surface area (Å²) in [6, 6.07) is -0.273. The number of likely N-dealkylation sites (N-methyl/N-ethyl adjacent to an activating group) is 1. The summed E-state index contributed by atoms with van der Waals surface area (Å²) in [5.74, 6) is -1.09. The predicted octanol–water partition coefficient (Wildman–Crippen LogP) is -0.576. The fourth-order valence-electron chi connectivity index (χ4n) is 1.66. The van der Waals surface area contributed by atoms with Gasteiger partial charge in [-0.1, -0.05) is 0 Å². The van der Waals surface area contributed by atoms with Crippen LogP contribution in [0, 0.1) is 0 Å². The van der Waals surface area contributed by atoms with Gasteiger partial charge in [-0.05, 0) is 33.4 Å². The lowest BCUT2D eigenvalue weighted by molar-refractivity contribution is -0.137. The van der Waals surface area contributed by atoms with Crippen molar-refractivity contribution in [3.05, 3.63) is 0 Å². The van der Waals surface area contributed by atoms with Crippen molar-refractivity contribution < 1.29 is 19.5 Å². The fraction of sp³-hybridized carbons (Fsp3) is 0.750. The summed E-state index contributed by atoms with van der Waals surface area (Å²) < 4.78 is 0. The van der Waals surface area contributed by atoms with E-state index < -0.39 is 5.97 Å². The topological polar surface area (TPSA) is 98.7 Å². The number of nitrogens with one attached hydrogen (secondary N) is 2. The minimum absolute atomic E-state index is 0.0743. The van der Waals surface area contributed by atoms with Crippen molar-refractivity contribution in [1.29, 1.82) is 0 Å². The summed E-state index contributed by atoms with van der Waals surface area (Å²) in [4.78, 5) is 34.1. The van der Waals surface area contributed by atoms with Gasteiger partial charge in [-0.25, -0.2) is 0 Å². The number of aliphatic carboxylic acids is 1. The van der Waals surface area contributed by atoms with Gasteiger partial charge in [-0.3, -0.25) is 19.3 Å². The van der Waals surface area contributed by atoms with Crippen molar-refractivity contribution in [3.63, 3.8) is 0 Å². The molecule has 0 spiro atoms. The highest BCUT2D eigenvalue weighted by Crippen LogP contribution is 2.06. The quantitative estimate of drug-likeness (QED) is 0.203. The van der Waals surface area contributed by atoms with Crippen LogP contribution in [-0.4, -0.2) is 61.5 Å². The van der Waals surface area contributed by atoms with Crippen LogP contribution in [0.5, 0.6) is 0 Å². The number of hydrogen-bond acceptors (Lipinski definition) is 4. The van der Waals surface area contributed by atoms with Crippen LogP contribution in [0.3, 0.4) is 0 Å². The molecule has 0 heterocycles. The Balaban J connectivity index is 3.98. The Morgan fingerprint density at radius 1 is 1.26 bits per heavy atom. The molecule has 0 aliphatic carbocycles. The van der Waals surface area contributed by atoms with E-state index in [0.29, 0.717) is 19.4 Å². The SMILES string of the molecule is CN(C)C(CCCC[15NH][13CH]=O)C(=O)N[13CH2]CC(=O)O. The molecule has 0 fully saturated rings. The van der Waals surface area contributed by atoms with Gasteiger partial charge in [-0.2, -0.15) is 0 Å². The van der Waals surface area contributed by atoms with Crippen LogP contribution in [-0.2, 0) is 14.4 Å². The molecule has 0 bridgehead atoms. The van der Waals surface area contributed by atoms with Crippen LogP contribution in [0.25, 0.3) is 0 Å². The van der Waals surface area contributed by atoms with E-state index in [2.05, 4.69) is 10.6 Å². The van der Waals surface area contributed by atoms with Crippen LogP contribution in [0.15, 0.2) is 0 Å². The molecule has 0 saturated carbocycles. The number of rotatable bonds is 11. The molecule has 0 saturated heterocycles. The monoisotopic (exact) mass is 276 g/mol. The number of carbonyl (C=O) groups excluding carboxylic acids is 2. The summed E-state index contributed by atoms with van der Waals surface area (Å²) in [5, 5.41) is 13.7. The molecular weight excluding hydrogens is 253 g/mol. The van der Waals surface area contributed by atoms with Crippen LogP contribution < -0.4 is 10.6 Å². The van der Waals surface area contributed by atoms with Crippen LogP contribution in [0.1, 0.15) is 25.7 Å². The van der Waals surface area contributed by atoms with E-state index in [1.807, 2.05) is 19.0 Å². The number of nitrogens with zero attached hydrogens (tertiary/aromatic N) is 1. The van der Waals surface area contributed by atoms with E-state index in [1.165, 1.54) is 0 Å². The van der Waals surface area contributed by atoms with Crippen molar-refractivity contribution in [3.8, 4) is 0 Å². The second kappa shape index (κ2) is 10.3. The smallest absolute Gasteiger partial charge is 0.305 e. The molecule has 0 radical (unpaired) electrons. The minimum Gasteiger partial charge on any atom is -0.481 e. The fourth-order valence-corrected chi connectivity index (χ4v) is 1.66. The average molecular weight is 276 g/mol. The molecule has 110 valence electrons. The highest BCUT2D eigenvalue weighted by atomic mass is 16.4. The summed E-state index contributed by atoms with van der Waals surface area (Å²) in [5.41, 5.74) is 0. The third-order valence-corrected chi connectivity index (χ3v) is 2.70. The number of hydrogen-bond donors (Lipinski definition) is 3. The number of carboxylic acid groups (broad SMARTS) is 1. The van der Waals surface area contributed by atoms with E-state index in [9.17, 15) is 14.4 Å². The van der Waals surface area contributed by atoms with Gasteiger partial charge in [0.25, 0.3) is 0 Å². The second-order valence-electron chi connectivity index (χ2n) is 4.48. The van der Waals surface area contributed by atoms with E-state index in [4.69, 9.17) is 5.11 Å². The number of carboxylic acids is 1. The molecule has 1 atom stereocenters. The number of amides is 2. The Hall–Kier alpha value is -1.63. The first-order valence-corrected chi connectivity index (χ1v) is 6.32. The predicted molar refractivity (Wildman–Crippen MR) is 70.7 cm³/mol. The van der Waals surface area contributed by atoms with Gasteiger partial charge in [0.1, 0.15) is 0 Å². The Labute approximate surface area is 113 Å². The second-order valence-corrected chi connectivity index (χ2v) is 4.48. The van der Waals surface area contributed by atoms with Crippen molar-refractivity contribution in [1.82, 2.24) is 15.5 Å². The van der Waals surface area contributed by atoms with E-state index in [-0.39, 0.29) is 24.9 Å². The Morgan fingerprint density at radius 3 is 2.47 bits per heavy atom. The van der Waals surface area contributed by atoms with Gasteiger partial charge in [0.2, 0.25) is 12.3 Å². The molecule has 19 heavy (non-hydrogen) atoms. The summed E-state index contributed by atoms with van der Waals surface area (Å²) >= 11 is 0. The van der Waals surface area contributed by atoms with Crippen molar-refractivity contribution in [2.45, 2.75) is 31.7 Å². The molecule has 2 amide bonds. The lowest BCUT2D eigenvalue weighted by Crippen LogP contribution is -2.44. The lowest BCUT2D eigenvalue weighted by atomic mass is 10.1. The summed E-state index contributed by atoms with van der Waals surface area (Å²) in [7, 11) is 3.62. The maximum Gasteiger partial charge on any atom is 0.305 e. The standard InChI is InChI=1S/C12H23N3O4/c1-15(2)10(5-3-4-7-13-9-16)12(19)14-8-6-11(17)18/h9-10H,3-8H2,1-2H3,(H,13,16)(H,14,19)(H,17,18)/i8+1,9+1,13+1. The first-order chi connectivity index (χ1) is 8.99. The Morgan fingerprint density at radius 2 is 1.95 bits per heavy atom. The van der Waals surface area contributed by atoms with Crippen LogP contribution >= 0.6 is 0 Å². The summed E-state index contributed by atoms with van der Waals surface area (Å²) in [6.07, 6.45) is 2.88. The zero-order valence-electron chi connectivity index (χ0n) is 11.5. The van der Waals surface area contributed by atoms with Crippen molar-refractivity contribution >= 4 is 18.3 Å². The average Bonchev–Trinajstić information content (AvgIpc) is 2.32. The highest BCUT2D eigenvalue weighted by molar-refractivity contribution is 5.82. The largest absolute Gasteiger partial charge is 0.481 e. The molecule has 0 aliphatic heterocycles. The zero-order valence-corrected chi connectivity index (χ0v) is 11.5. The maximum atomic E-state index is 11.9. The molecule has 7 nitrogen and oxygen atoms in total. The maximum absolute atomic E-state index is 11.9. The summed E-state index contributed by atoms with van der Waals surface area (Å²) in [6.45, 7) is 0.746.